The fourth-order valence-electron chi connectivity index (χ4n) is 5.64. The van der Waals surface area contributed by atoms with Crippen LogP contribution in [0.1, 0.15) is 31.8 Å². The van der Waals surface area contributed by atoms with Crippen LogP contribution >= 0.6 is 0 Å². The van der Waals surface area contributed by atoms with Gasteiger partial charge < -0.3 is 18.9 Å². The Morgan fingerprint density at radius 3 is 1.26 bits per heavy atom. The van der Waals surface area contributed by atoms with Gasteiger partial charge in [-0.15, -0.1) is 0 Å². The molecule has 39 heavy (non-hydrogen) atoms. The van der Waals surface area contributed by atoms with Gasteiger partial charge in [0, 0.05) is 24.0 Å². The van der Waals surface area contributed by atoms with Crippen LogP contribution in [0.5, 0.6) is 11.5 Å². The first kappa shape index (κ1) is 25.9. The molecule has 0 fully saturated rings. The van der Waals surface area contributed by atoms with E-state index >= 15 is 0 Å². The number of hydrogen-bond acceptors (Lipinski definition) is 8. The molecule has 0 amide bonds. The van der Waals surface area contributed by atoms with E-state index in [9.17, 15) is 19.2 Å². The van der Waals surface area contributed by atoms with E-state index in [4.69, 9.17) is 18.9 Å². The lowest BCUT2D eigenvalue weighted by Crippen LogP contribution is -2.42. The van der Waals surface area contributed by atoms with Gasteiger partial charge in [0.25, 0.3) is 0 Å². The summed E-state index contributed by atoms with van der Waals surface area (Å²) in [5.74, 6) is -0.968. The Kier molecular flexibility index (Phi) is 6.56. The number of esters is 2. The maximum absolute atomic E-state index is 13.5. The first-order valence-corrected chi connectivity index (χ1v) is 12.2. The average Bonchev–Trinajstić information content (AvgIpc) is 3.38. The maximum Gasteiger partial charge on any atom is 0.323 e. The van der Waals surface area contributed by atoms with Crippen LogP contribution < -0.4 is 9.47 Å². The van der Waals surface area contributed by atoms with Crippen LogP contribution in [0.15, 0.2) is 60.7 Å². The molecule has 0 radical (unpaired) electrons. The molecular weight excluding hydrogens is 500 g/mol. The molecule has 0 atom stereocenters. The predicted molar refractivity (Wildman–Crippen MR) is 142 cm³/mol. The lowest BCUT2D eigenvalue weighted by molar-refractivity contribution is -0.168. The number of benzene rings is 3. The van der Waals surface area contributed by atoms with Crippen LogP contribution in [0.2, 0.25) is 0 Å². The van der Waals surface area contributed by atoms with Gasteiger partial charge in [0.1, 0.15) is 11.5 Å². The molecule has 8 nitrogen and oxygen atoms in total. The van der Waals surface area contributed by atoms with Crippen molar-refractivity contribution in [3.8, 4) is 33.8 Å². The van der Waals surface area contributed by atoms with Crippen LogP contribution in [0.4, 0.5) is 0 Å². The fourth-order valence-corrected chi connectivity index (χ4v) is 5.64. The van der Waals surface area contributed by atoms with Gasteiger partial charge in [0.15, 0.2) is 17.0 Å². The van der Waals surface area contributed by atoms with E-state index in [0.717, 1.165) is 0 Å². The molecule has 5 rings (SSSR count). The number of methoxy groups -OCH3 is 4. The predicted octanol–water partition coefficient (Wildman–Crippen LogP) is 4.40. The average molecular weight is 527 g/mol. The molecular formula is C31H26O8. The Labute approximate surface area is 225 Å². The van der Waals surface area contributed by atoms with Crippen molar-refractivity contribution in [1.29, 1.82) is 0 Å². The standard InChI is InChI=1S/C31H26O8/c1-36-19-9-5-17(6-10-19)25-21-15-31(29(34)38-3,30(35)39-4)16-22(21)26(18-7-11-20(37-2)12-8-18)28-24(33)14-13-23(32)27(25)28/h5-14H,15-16H2,1-4H3. The largest absolute Gasteiger partial charge is 0.497 e. The fraction of sp³-hybridized carbons (Fsp3) is 0.226. The Hall–Kier alpha value is -4.72. The normalized spacial score (nSPS) is 14.9. The van der Waals surface area contributed by atoms with Gasteiger partial charge >= 0.3 is 11.9 Å². The Morgan fingerprint density at radius 1 is 0.590 bits per heavy atom. The summed E-state index contributed by atoms with van der Waals surface area (Å²) in [6.45, 7) is 0. The van der Waals surface area contributed by atoms with Crippen LogP contribution in [-0.2, 0) is 31.9 Å². The van der Waals surface area contributed by atoms with Gasteiger partial charge in [0.2, 0.25) is 0 Å². The van der Waals surface area contributed by atoms with Crippen molar-refractivity contribution in [2.45, 2.75) is 12.8 Å². The summed E-state index contributed by atoms with van der Waals surface area (Å²) in [5, 5.41) is 0. The molecule has 0 bridgehead atoms. The number of allylic oxidation sites excluding steroid dienone is 2. The molecule has 0 saturated carbocycles. The summed E-state index contributed by atoms with van der Waals surface area (Å²) in [6, 6.07) is 14.1. The zero-order valence-electron chi connectivity index (χ0n) is 22.0. The van der Waals surface area contributed by atoms with Crippen LogP contribution in [0.25, 0.3) is 22.3 Å². The van der Waals surface area contributed by atoms with E-state index in [2.05, 4.69) is 0 Å². The Balaban J connectivity index is 1.91. The van der Waals surface area contributed by atoms with Crippen molar-refractivity contribution in [1.82, 2.24) is 0 Å². The van der Waals surface area contributed by atoms with E-state index in [1.165, 1.54) is 26.4 Å². The van der Waals surface area contributed by atoms with Crippen molar-refractivity contribution >= 4 is 23.5 Å². The second-order valence-electron chi connectivity index (χ2n) is 9.39. The van der Waals surface area contributed by atoms with Crippen LogP contribution in [0.3, 0.4) is 0 Å². The number of ketones is 2. The van der Waals surface area contributed by atoms with Crippen molar-refractivity contribution in [3.05, 3.63) is 82.9 Å². The van der Waals surface area contributed by atoms with Crippen molar-refractivity contribution in [2.75, 3.05) is 28.4 Å². The number of ether oxygens (including phenoxy) is 4. The minimum absolute atomic E-state index is 0.0648. The van der Waals surface area contributed by atoms with E-state index in [0.29, 0.717) is 44.9 Å². The number of rotatable bonds is 6. The van der Waals surface area contributed by atoms with Crippen molar-refractivity contribution < 1.29 is 38.1 Å². The summed E-state index contributed by atoms with van der Waals surface area (Å²) < 4.78 is 20.8. The smallest absolute Gasteiger partial charge is 0.323 e. The topological polar surface area (TPSA) is 105 Å². The molecule has 3 aromatic rings. The molecule has 0 aliphatic heterocycles. The second kappa shape index (κ2) is 9.87. The van der Waals surface area contributed by atoms with Gasteiger partial charge in [0.05, 0.1) is 28.4 Å². The lowest BCUT2D eigenvalue weighted by Gasteiger charge is -2.24. The summed E-state index contributed by atoms with van der Waals surface area (Å²) >= 11 is 0. The number of hydrogen-bond donors (Lipinski definition) is 0. The Morgan fingerprint density at radius 2 is 0.949 bits per heavy atom. The first-order valence-electron chi connectivity index (χ1n) is 12.2. The molecule has 8 heteroatoms. The summed E-state index contributed by atoms with van der Waals surface area (Å²) in [6.07, 6.45) is 2.38. The van der Waals surface area contributed by atoms with Crippen molar-refractivity contribution in [2.24, 2.45) is 5.41 Å². The van der Waals surface area contributed by atoms with E-state index < -0.39 is 17.4 Å². The Bertz CT molecular complexity index is 1430. The van der Waals surface area contributed by atoms with Gasteiger partial charge in [-0.2, -0.15) is 0 Å². The maximum atomic E-state index is 13.5. The minimum atomic E-state index is -1.68. The molecule has 2 aliphatic carbocycles. The zero-order chi connectivity index (χ0) is 27.9. The molecule has 198 valence electrons. The highest BCUT2D eigenvalue weighted by atomic mass is 16.5. The molecule has 0 N–H and O–H groups in total. The summed E-state index contributed by atoms with van der Waals surface area (Å²) in [4.78, 5) is 53.4. The molecule has 0 unspecified atom stereocenters. The second-order valence-corrected chi connectivity index (χ2v) is 9.39. The van der Waals surface area contributed by atoms with Gasteiger partial charge in [-0.25, -0.2) is 0 Å². The third-order valence-electron chi connectivity index (χ3n) is 7.46. The number of carbonyl (C=O) groups is 4. The van der Waals surface area contributed by atoms with E-state index in [1.807, 2.05) is 0 Å². The molecule has 0 heterocycles. The summed E-state index contributed by atoms with van der Waals surface area (Å²) in [5.41, 5.74) is 2.27. The number of fused-ring (bicyclic) bond motifs is 2. The third-order valence-corrected chi connectivity index (χ3v) is 7.46. The van der Waals surface area contributed by atoms with Crippen LogP contribution in [-0.4, -0.2) is 51.9 Å². The molecule has 2 aliphatic rings. The van der Waals surface area contributed by atoms with E-state index in [1.54, 1.807) is 62.8 Å². The zero-order valence-corrected chi connectivity index (χ0v) is 22.0. The monoisotopic (exact) mass is 526 g/mol. The van der Waals surface area contributed by atoms with Gasteiger partial charge in [-0.3, -0.25) is 19.2 Å². The number of carbonyl (C=O) groups excluding carboxylic acids is 4. The summed E-state index contributed by atoms with van der Waals surface area (Å²) in [7, 11) is 5.53. The molecule has 0 spiro atoms. The minimum Gasteiger partial charge on any atom is -0.497 e. The van der Waals surface area contributed by atoms with Crippen LogP contribution in [0, 0.1) is 5.41 Å². The molecule has 3 aromatic carbocycles. The first-order chi connectivity index (χ1) is 18.8. The van der Waals surface area contributed by atoms with E-state index in [-0.39, 0.29) is 35.5 Å². The van der Waals surface area contributed by atoms with Crippen molar-refractivity contribution in [3.63, 3.8) is 0 Å². The highest BCUT2D eigenvalue weighted by Crippen LogP contribution is 2.51. The molecule has 0 aromatic heterocycles. The quantitative estimate of drug-likeness (QED) is 0.344. The van der Waals surface area contributed by atoms with Gasteiger partial charge in [-0.1, -0.05) is 24.3 Å². The third kappa shape index (κ3) is 4.00. The molecule has 0 saturated heterocycles. The lowest BCUT2D eigenvalue weighted by atomic mass is 9.78. The SMILES string of the molecule is COC(=O)C1(C(=O)OC)Cc2c(c(-c3ccc(OC)cc3)c3c(c2-c2ccc(OC)cc2)C(=O)C=CC3=O)C1. The van der Waals surface area contributed by atoms with Gasteiger partial charge in [-0.05, 0) is 69.8 Å². The highest BCUT2D eigenvalue weighted by Gasteiger charge is 2.55. The highest BCUT2D eigenvalue weighted by molar-refractivity contribution is 6.27.